The average Bonchev–Trinajstić information content (AvgIpc) is 2.45. The monoisotopic (exact) mass is 354 g/mol. The minimum Gasteiger partial charge on any atom is -0.343 e. The molecule has 0 spiro atoms. The van der Waals surface area contributed by atoms with Gasteiger partial charge in [-0.3, -0.25) is 0 Å². The van der Waals surface area contributed by atoms with E-state index >= 15 is 0 Å². The smallest absolute Gasteiger partial charge is 0.343 e. The van der Waals surface area contributed by atoms with E-state index in [1.807, 2.05) is 6.07 Å². The molecule has 2 nitrogen and oxygen atoms in total. The van der Waals surface area contributed by atoms with Crippen LogP contribution in [0.1, 0.15) is 11.1 Å². The number of anilines is 2. The number of nitriles is 1. The summed E-state index contributed by atoms with van der Waals surface area (Å²) in [5, 5.41) is 9.09. The van der Waals surface area contributed by atoms with Gasteiger partial charge in [0.05, 0.1) is 22.5 Å². The fourth-order valence-electron chi connectivity index (χ4n) is 2.01. The van der Waals surface area contributed by atoms with Crippen LogP contribution in [0.15, 0.2) is 46.9 Å². The van der Waals surface area contributed by atoms with Gasteiger partial charge in [0.1, 0.15) is 6.07 Å². The normalized spacial score (nSPS) is 11.0. The van der Waals surface area contributed by atoms with Crippen molar-refractivity contribution < 1.29 is 13.2 Å². The van der Waals surface area contributed by atoms with Gasteiger partial charge in [-0.1, -0.05) is 28.1 Å². The summed E-state index contributed by atoms with van der Waals surface area (Å²) in [6.07, 6.45) is -4.47. The first-order valence-corrected chi connectivity index (χ1v) is 6.73. The van der Waals surface area contributed by atoms with Crippen molar-refractivity contribution in [1.29, 1.82) is 5.26 Å². The van der Waals surface area contributed by atoms with Crippen molar-refractivity contribution in [2.75, 3.05) is 11.9 Å². The van der Waals surface area contributed by atoms with Gasteiger partial charge in [-0.25, -0.2) is 0 Å². The largest absolute Gasteiger partial charge is 0.418 e. The third-order valence-corrected chi connectivity index (χ3v) is 3.51. The fraction of sp³-hybridized carbons (Fsp3) is 0.133. The van der Waals surface area contributed by atoms with Crippen LogP contribution in [0.3, 0.4) is 0 Å². The number of para-hydroxylation sites is 1. The molecule has 0 saturated carbocycles. The van der Waals surface area contributed by atoms with E-state index in [0.717, 1.165) is 6.07 Å². The predicted octanol–water partition coefficient (Wildman–Crippen LogP) is 5.11. The number of alkyl halides is 3. The van der Waals surface area contributed by atoms with Gasteiger partial charge in [0.25, 0.3) is 0 Å². The zero-order valence-electron chi connectivity index (χ0n) is 10.9. The highest BCUT2D eigenvalue weighted by molar-refractivity contribution is 9.10. The Morgan fingerprint density at radius 3 is 2.38 bits per heavy atom. The van der Waals surface area contributed by atoms with E-state index in [-0.39, 0.29) is 5.69 Å². The molecule has 6 heteroatoms. The Hall–Kier alpha value is -2.00. The lowest BCUT2D eigenvalue weighted by Gasteiger charge is -2.24. The van der Waals surface area contributed by atoms with Crippen molar-refractivity contribution in [2.45, 2.75) is 6.18 Å². The van der Waals surface area contributed by atoms with Gasteiger partial charge in [-0.15, -0.1) is 0 Å². The van der Waals surface area contributed by atoms with Crippen LogP contribution in [0.2, 0.25) is 0 Å². The molecule has 0 unspecified atom stereocenters. The third kappa shape index (κ3) is 3.19. The summed E-state index contributed by atoms with van der Waals surface area (Å²) in [7, 11) is 1.51. The number of halogens is 4. The summed E-state index contributed by atoms with van der Waals surface area (Å²) >= 11 is 3.18. The second-order valence-corrected chi connectivity index (χ2v) is 5.26. The molecular formula is C15H10BrF3N2. The molecule has 0 saturated heterocycles. The Morgan fingerprint density at radius 2 is 1.76 bits per heavy atom. The van der Waals surface area contributed by atoms with Crippen LogP contribution in [-0.2, 0) is 6.18 Å². The minimum absolute atomic E-state index is 0.0143. The Kier molecular flexibility index (Phi) is 4.24. The van der Waals surface area contributed by atoms with Gasteiger partial charge >= 0.3 is 6.18 Å². The Bertz CT molecular complexity index is 705. The molecular weight excluding hydrogens is 345 g/mol. The first-order valence-electron chi connectivity index (χ1n) is 5.94. The van der Waals surface area contributed by atoms with Crippen LogP contribution in [0.4, 0.5) is 24.5 Å². The Labute approximate surface area is 128 Å². The van der Waals surface area contributed by atoms with Gasteiger partial charge in [0.2, 0.25) is 0 Å². The number of nitrogens with zero attached hydrogens (tertiary/aromatic N) is 2. The maximum Gasteiger partial charge on any atom is 0.418 e. The second kappa shape index (κ2) is 5.78. The number of hydrogen-bond acceptors (Lipinski definition) is 2. The molecule has 21 heavy (non-hydrogen) atoms. The maximum atomic E-state index is 13.1. The molecule has 108 valence electrons. The molecule has 2 aromatic rings. The van der Waals surface area contributed by atoms with E-state index in [1.165, 1.54) is 24.1 Å². The lowest BCUT2D eigenvalue weighted by molar-refractivity contribution is -0.137. The molecule has 0 N–H and O–H groups in total. The van der Waals surface area contributed by atoms with E-state index in [1.54, 1.807) is 24.3 Å². The molecule has 0 heterocycles. The van der Waals surface area contributed by atoms with Crippen molar-refractivity contribution in [2.24, 2.45) is 0 Å². The molecule has 0 aliphatic rings. The first kappa shape index (κ1) is 15.4. The van der Waals surface area contributed by atoms with Gasteiger partial charge in [-0.05, 0) is 30.3 Å². The molecule has 0 atom stereocenters. The SMILES string of the molecule is CN(c1ccccc1C#N)c1cc(Br)ccc1C(F)(F)F. The summed E-state index contributed by atoms with van der Waals surface area (Å²) in [6, 6.07) is 12.3. The van der Waals surface area contributed by atoms with E-state index in [0.29, 0.717) is 15.7 Å². The highest BCUT2D eigenvalue weighted by Gasteiger charge is 2.34. The molecule has 0 bridgehead atoms. The van der Waals surface area contributed by atoms with Crippen LogP contribution in [-0.4, -0.2) is 7.05 Å². The van der Waals surface area contributed by atoms with E-state index < -0.39 is 11.7 Å². The van der Waals surface area contributed by atoms with E-state index in [2.05, 4.69) is 15.9 Å². The molecule has 2 rings (SSSR count). The van der Waals surface area contributed by atoms with Crippen LogP contribution in [0.5, 0.6) is 0 Å². The zero-order chi connectivity index (χ0) is 15.6. The molecule has 0 aliphatic carbocycles. The van der Waals surface area contributed by atoms with Crippen LogP contribution in [0, 0.1) is 11.3 Å². The molecule has 0 amide bonds. The topological polar surface area (TPSA) is 27.0 Å². The highest BCUT2D eigenvalue weighted by Crippen LogP contribution is 2.40. The van der Waals surface area contributed by atoms with Gasteiger partial charge in [0.15, 0.2) is 0 Å². The first-order chi connectivity index (χ1) is 9.84. The minimum atomic E-state index is -4.47. The van der Waals surface area contributed by atoms with Crippen LogP contribution < -0.4 is 4.90 Å². The summed E-state index contributed by atoms with van der Waals surface area (Å²) < 4.78 is 39.9. The van der Waals surface area contributed by atoms with Gasteiger partial charge in [0, 0.05) is 11.5 Å². The quantitative estimate of drug-likeness (QED) is 0.749. The summed E-state index contributed by atoms with van der Waals surface area (Å²) in [4.78, 5) is 1.37. The highest BCUT2D eigenvalue weighted by atomic mass is 79.9. The van der Waals surface area contributed by atoms with Crippen molar-refractivity contribution >= 4 is 27.3 Å². The molecule has 0 fully saturated rings. The summed E-state index contributed by atoms with van der Waals surface area (Å²) in [6.45, 7) is 0. The van der Waals surface area contributed by atoms with Crippen molar-refractivity contribution in [1.82, 2.24) is 0 Å². The summed E-state index contributed by atoms with van der Waals surface area (Å²) in [5.74, 6) is 0. The zero-order valence-corrected chi connectivity index (χ0v) is 12.5. The number of benzene rings is 2. The maximum absolute atomic E-state index is 13.1. The lowest BCUT2D eigenvalue weighted by Crippen LogP contribution is -2.17. The number of hydrogen-bond donors (Lipinski definition) is 0. The molecule has 0 aliphatic heterocycles. The van der Waals surface area contributed by atoms with E-state index in [4.69, 9.17) is 5.26 Å². The molecule has 0 radical (unpaired) electrons. The van der Waals surface area contributed by atoms with Crippen molar-refractivity contribution in [3.8, 4) is 6.07 Å². The molecule has 2 aromatic carbocycles. The lowest BCUT2D eigenvalue weighted by atomic mass is 10.1. The Morgan fingerprint density at radius 1 is 1.10 bits per heavy atom. The Balaban J connectivity index is 2.61. The van der Waals surface area contributed by atoms with Crippen LogP contribution >= 0.6 is 15.9 Å². The number of rotatable bonds is 2. The van der Waals surface area contributed by atoms with Crippen molar-refractivity contribution in [3.63, 3.8) is 0 Å². The van der Waals surface area contributed by atoms with Gasteiger partial charge in [-0.2, -0.15) is 18.4 Å². The third-order valence-electron chi connectivity index (χ3n) is 3.01. The van der Waals surface area contributed by atoms with Gasteiger partial charge < -0.3 is 4.90 Å². The predicted molar refractivity (Wildman–Crippen MR) is 78.4 cm³/mol. The van der Waals surface area contributed by atoms with Crippen molar-refractivity contribution in [3.05, 3.63) is 58.1 Å². The van der Waals surface area contributed by atoms with Crippen LogP contribution in [0.25, 0.3) is 0 Å². The second-order valence-electron chi connectivity index (χ2n) is 4.35. The molecule has 0 aromatic heterocycles. The fourth-order valence-corrected chi connectivity index (χ4v) is 2.36. The standard InChI is InChI=1S/C15H10BrF3N2/c1-21(13-5-3-2-4-10(13)9-20)14-8-11(16)6-7-12(14)15(17,18)19/h2-8H,1H3. The van der Waals surface area contributed by atoms with E-state index in [9.17, 15) is 13.2 Å². The summed E-state index contributed by atoms with van der Waals surface area (Å²) in [5.41, 5.74) is -0.0304. The average molecular weight is 355 g/mol.